The van der Waals surface area contributed by atoms with Gasteiger partial charge in [0.1, 0.15) is 16.8 Å². The van der Waals surface area contributed by atoms with Crippen LogP contribution in [0.4, 0.5) is 0 Å². The predicted molar refractivity (Wildman–Crippen MR) is 69.3 cm³/mol. The number of benzene rings is 1. The van der Waals surface area contributed by atoms with Gasteiger partial charge in [0.15, 0.2) is 11.4 Å². The lowest BCUT2D eigenvalue weighted by molar-refractivity contribution is -0.112. The molecule has 2 aromatic rings. The van der Waals surface area contributed by atoms with Crippen LogP contribution in [0.5, 0.6) is 0 Å². The number of aliphatic hydroxyl groups is 1. The van der Waals surface area contributed by atoms with Gasteiger partial charge in [-0.15, -0.1) is 0 Å². The van der Waals surface area contributed by atoms with E-state index in [2.05, 4.69) is 11.9 Å². The number of aromatic nitrogens is 1. The number of ketones is 1. The lowest BCUT2D eigenvalue weighted by Crippen LogP contribution is -1.99. The number of oxazole rings is 1. The summed E-state index contributed by atoms with van der Waals surface area (Å²) in [6.45, 7) is 4.88. The van der Waals surface area contributed by atoms with Gasteiger partial charge in [0.2, 0.25) is 5.89 Å². The van der Waals surface area contributed by atoms with Crippen molar-refractivity contribution in [3.05, 3.63) is 35.4 Å². The Morgan fingerprint density at radius 2 is 2.11 bits per heavy atom. The number of aliphatic hydroxyl groups excluding tert-OH is 1. The Morgan fingerprint density at radius 3 is 2.67 bits per heavy atom. The SMILES string of the molecule is CCc1ccc2oc(C(C(C)=O)=C(C)O)nc2c1. The fourth-order valence-corrected chi connectivity index (χ4v) is 1.86. The van der Waals surface area contributed by atoms with E-state index in [9.17, 15) is 9.90 Å². The lowest BCUT2D eigenvalue weighted by Gasteiger charge is -1.98. The van der Waals surface area contributed by atoms with Gasteiger partial charge in [0.05, 0.1) is 0 Å². The quantitative estimate of drug-likeness (QED) is 0.665. The first-order valence-corrected chi connectivity index (χ1v) is 5.83. The molecule has 0 radical (unpaired) electrons. The molecule has 1 N–H and O–H groups in total. The van der Waals surface area contributed by atoms with Gasteiger partial charge in [-0.3, -0.25) is 4.79 Å². The molecule has 0 bridgehead atoms. The number of aryl methyl sites for hydroxylation is 1. The zero-order valence-electron chi connectivity index (χ0n) is 10.7. The number of carbonyl (C=O) groups excluding carboxylic acids is 1. The van der Waals surface area contributed by atoms with Crippen LogP contribution in [0.2, 0.25) is 0 Å². The minimum Gasteiger partial charge on any atom is -0.512 e. The summed E-state index contributed by atoms with van der Waals surface area (Å²) >= 11 is 0. The molecule has 18 heavy (non-hydrogen) atoms. The van der Waals surface area contributed by atoms with Crippen molar-refractivity contribution in [2.24, 2.45) is 0 Å². The lowest BCUT2D eigenvalue weighted by atomic mass is 10.1. The van der Waals surface area contributed by atoms with Crippen molar-refractivity contribution in [2.75, 3.05) is 0 Å². The number of nitrogens with zero attached hydrogens (tertiary/aromatic N) is 1. The first-order chi connectivity index (χ1) is 8.52. The van der Waals surface area contributed by atoms with E-state index in [-0.39, 0.29) is 23.0 Å². The molecule has 4 heteroatoms. The zero-order valence-corrected chi connectivity index (χ0v) is 10.7. The first kappa shape index (κ1) is 12.4. The summed E-state index contributed by atoms with van der Waals surface area (Å²) in [7, 11) is 0. The van der Waals surface area contributed by atoms with E-state index < -0.39 is 0 Å². The largest absolute Gasteiger partial charge is 0.512 e. The van der Waals surface area contributed by atoms with Crippen molar-refractivity contribution >= 4 is 22.5 Å². The summed E-state index contributed by atoms with van der Waals surface area (Å²) in [6.07, 6.45) is 0.909. The van der Waals surface area contributed by atoms with E-state index in [1.54, 1.807) is 0 Å². The van der Waals surface area contributed by atoms with Gasteiger partial charge in [0, 0.05) is 0 Å². The number of hydrogen-bond donors (Lipinski definition) is 1. The second-order valence-electron chi connectivity index (χ2n) is 4.19. The van der Waals surface area contributed by atoms with Gasteiger partial charge < -0.3 is 9.52 Å². The molecule has 0 fully saturated rings. The molecule has 0 saturated carbocycles. The van der Waals surface area contributed by atoms with Crippen molar-refractivity contribution < 1.29 is 14.3 Å². The van der Waals surface area contributed by atoms with Crippen LogP contribution in [0.1, 0.15) is 32.2 Å². The number of allylic oxidation sites excluding steroid dienone is 2. The molecule has 1 aromatic heterocycles. The average Bonchev–Trinajstić information content (AvgIpc) is 2.69. The van der Waals surface area contributed by atoms with Gasteiger partial charge in [-0.25, -0.2) is 4.98 Å². The normalized spacial score (nSPS) is 12.6. The standard InChI is InChI=1S/C14H15NO3/c1-4-10-5-6-12-11(7-10)15-14(18-12)13(8(2)16)9(3)17/h5-7,16H,4H2,1-3H3. The highest BCUT2D eigenvalue weighted by Crippen LogP contribution is 2.24. The van der Waals surface area contributed by atoms with E-state index in [0.717, 1.165) is 12.0 Å². The topological polar surface area (TPSA) is 63.3 Å². The van der Waals surface area contributed by atoms with Crippen LogP contribution in [0.15, 0.2) is 28.4 Å². The van der Waals surface area contributed by atoms with Crippen molar-refractivity contribution in [2.45, 2.75) is 27.2 Å². The molecule has 1 heterocycles. The predicted octanol–water partition coefficient (Wildman–Crippen LogP) is 3.27. The number of fused-ring (bicyclic) bond motifs is 1. The Balaban J connectivity index is 2.60. The zero-order chi connectivity index (χ0) is 13.3. The minimum atomic E-state index is -0.266. The third-order valence-corrected chi connectivity index (χ3v) is 2.79. The van der Waals surface area contributed by atoms with Crippen LogP contribution in [-0.4, -0.2) is 15.9 Å². The summed E-state index contributed by atoms with van der Waals surface area (Å²) in [5, 5.41) is 9.52. The van der Waals surface area contributed by atoms with Crippen LogP contribution in [0.25, 0.3) is 16.7 Å². The molecule has 4 nitrogen and oxygen atoms in total. The molecule has 0 aliphatic heterocycles. The van der Waals surface area contributed by atoms with Crippen LogP contribution >= 0.6 is 0 Å². The summed E-state index contributed by atoms with van der Waals surface area (Å²) < 4.78 is 5.50. The van der Waals surface area contributed by atoms with Crippen LogP contribution in [-0.2, 0) is 11.2 Å². The van der Waals surface area contributed by atoms with Gasteiger partial charge in [0.25, 0.3) is 0 Å². The Bertz CT molecular complexity index is 634. The monoisotopic (exact) mass is 245 g/mol. The molecular formula is C14H15NO3. The molecule has 0 atom stereocenters. The second-order valence-corrected chi connectivity index (χ2v) is 4.19. The number of carbonyl (C=O) groups is 1. The molecule has 2 rings (SSSR count). The molecule has 0 amide bonds. The van der Waals surface area contributed by atoms with Crippen LogP contribution in [0, 0.1) is 0 Å². The number of Topliss-reactive ketones (excluding diaryl/α,β-unsaturated/α-hetero) is 1. The van der Waals surface area contributed by atoms with Crippen molar-refractivity contribution in [1.82, 2.24) is 4.98 Å². The molecule has 0 aliphatic carbocycles. The van der Waals surface area contributed by atoms with E-state index in [0.29, 0.717) is 11.1 Å². The molecule has 0 saturated heterocycles. The highest BCUT2D eigenvalue weighted by atomic mass is 16.4. The smallest absolute Gasteiger partial charge is 0.234 e. The highest BCUT2D eigenvalue weighted by Gasteiger charge is 2.18. The van der Waals surface area contributed by atoms with E-state index in [4.69, 9.17) is 4.42 Å². The fraction of sp³-hybridized carbons (Fsp3) is 0.286. The van der Waals surface area contributed by atoms with E-state index >= 15 is 0 Å². The maximum atomic E-state index is 11.5. The van der Waals surface area contributed by atoms with Gasteiger partial charge in [-0.05, 0) is 38.0 Å². The molecule has 94 valence electrons. The molecule has 0 spiro atoms. The second kappa shape index (κ2) is 4.64. The summed E-state index contributed by atoms with van der Waals surface area (Å²) in [5.41, 5.74) is 2.59. The van der Waals surface area contributed by atoms with Crippen molar-refractivity contribution in [1.29, 1.82) is 0 Å². The molecule has 0 unspecified atom stereocenters. The van der Waals surface area contributed by atoms with Crippen LogP contribution < -0.4 is 0 Å². The first-order valence-electron chi connectivity index (χ1n) is 5.83. The third kappa shape index (κ3) is 2.14. The summed E-state index contributed by atoms with van der Waals surface area (Å²) in [4.78, 5) is 15.7. The Morgan fingerprint density at radius 1 is 1.39 bits per heavy atom. The highest BCUT2D eigenvalue weighted by molar-refractivity contribution is 6.18. The Kier molecular flexibility index (Phi) is 3.19. The number of rotatable bonds is 3. The third-order valence-electron chi connectivity index (χ3n) is 2.79. The Hall–Kier alpha value is -2.10. The minimum absolute atomic E-state index is 0.0789. The summed E-state index contributed by atoms with van der Waals surface area (Å²) in [6, 6.07) is 5.71. The van der Waals surface area contributed by atoms with Gasteiger partial charge in [-0.2, -0.15) is 0 Å². The van der Waals surface area contributed by atoms with E-state index in [1.165, 1.54) is 13.8 Å². The van der Waals surface area contributed by atoms with Crippen LogP contribution in [0.3, 0.4) is 0 Å². The maximum absolute atomic E-state index is 11.5. The fourth-order valence-electron chi connectivity index (χ4n) is 1.86. The van der Waals surface area contributed by atoms with Crippen molar-refractivity contribution in [3.8, 4) is 0 Å². The Labute approximate surface area is 105 Å². The van der Waals surface area contributed by atoms with Crippen molar-refractivity contribution in [3.63, 3.8) is 0 Å². The van der Waals surface area contributed by atoms with E-state index in [1.807, 2.05) is 18.2 Å². The van der Waals surface area contributed by atoms with Gasteiger partial charge in [-0.1, -0.05) is 13.0 Å². The number of hydrogen-bond acceptors (Lipinski definition) is 4. The molecule has 1 aromatic carbocycles. The molecular weight excluding hydrogens is 230 g/mol. The average molecular weight is 245 g/mol. The van der Waals surface area contributed by atoms with Gasteiger partial charge >= 0.3 is 0 Å². The summed E-state index contributed by atoms with van der Waals surface area (Å²) in [5.74, 6) is -0.173. The molecule has 0 aliphatic rings. The maximum Gasteiger partial charge on any atom is 0.234 e.